The van der Waals surface area contributed by atoms with Crippen molar-refractivity contribution in [3.63, 3.8) is 0 Å². The van der Waals surface area contributed by atoms with Crippen LogP contribution in [0.2, 0.25) is 0 Å². The van der Waals surface area contributed by atoms with Gasteiger partial charge < -0.3 is 10.4 Å². The van der Waals surface area contributed by atoms with E-state index >= 15 is 0 Å². The summed E-state index contributed by atoms with van der Waals surface area (Å²) in [5.41, 5.74) is 4.04. The summed E-state index contributed by atoms with van der Waals surface area (Å²) >= 11 is 0. The molecular weight excluding hydrogens is 258 g/mol. The smallest absolute Gasteiger partial charge is 0.0940 e. The molecule has 1 fully saturated rings. The summed E-state index contributed by atoms with van der Waals surface area (Å²) in [6.45, 7) is 2.12. The van der Waals surface area contributed by atoms with E-state index in [1.807, 2.05) is 0 Å². The van der Waals surface area contributed by atoms with E-state index in [2.05, 4.69) is 30.4 Å². The Morgan fingerprint density at radius 2 is 1.71 bits per heavy atom. The highest BCUT2D eigenvalue weighted by Crippen LogP contribution is 2.27. The molecule has 0 saturated heterocycles. The van der Waals surface area contributed by atoms with Crippen molar-refractivity contribution in [3.05, 3.63) is 34.9 Å². The van der Waals surface area contributed by atoms with Gasteiger partial charge in [-0.3, -0.25) is 0 Å². The molecule has 21 heavy (non-hydrogen) atoms. The van der Waals surface area contributed by atoms with Gasteiger partial charge in [0.05, 0.1) is 6.10 Å². The van der Waals surface area contributed by atoms with E-state index in [9.17, 15) is 5.11 Å². The van der Waals surface area contributed by atoms with Crippen LogP contribution in [0.1, 0.15) is 74.7 Å². The SMILES string of the molecule is CC(NC1CCCCC1)C(O)c1ccc2c(c1)CCCC2. The number of rotatable bonds is 4. The van der Waals surface area contributed by atoms with Gasteiger partial charge in [0.15, 0.2) is 0 Å². The van der Waals surface area contributed by atoms with Crippen molar-refractivity contribution in [2.24, 2.45) is 0 Å². The molecule has 116 valence electrons. The molecule has 2 aliphatic carbocycles. The van der Waals surface area contributed by atoms with E-state index in [-0.39, 0.29) is 12.1 Å². The van der Waals surface area contributed by atoms with Gasteiger partial charge in [0, 0.05) is 12.1 Å². The largest absolute Gasteiger partial charge is 0.387 e. The van der Waals surface area contributed by atoms with E-state index in [1.54, 1.807) is 0 Å². The van der Waals surface area contributed by atoms with Gasteiger partial charge in [-0.2, -0.15) is 0 Å². The third-order valence-corrected chi connectivity index (χ3v) is 5.29. The van der Waals surface area contributed by atoms with Gasteiger partial charge in [0.2, 0.25) is 0 Å². The standard InChI is InChI=1S/C19H29NO/c1-14(20-18-9-3-2-4-10-18)19(21)17-12-11-15-7-5-6-8-16(15)13-17/h11-14,18-21H,2-10H2,1H3. The Morgan fingerprint density at radius 3 is 2.48 bits per heavy atom. The topological polar surface area (TPSA) is 32.3 Å². The number of nitrogens with one attached hydrogen (secondary N) is 1. The summed E-state index contributed by atoms with van der Waals surface area (Å²) in [6.07, 6.45) is 11.2. The van der Waals surface area contributed by atoms with Crippen LogP contribution in [0.4, 0.5) is 0 Å². The predicted octanol–water partition coefficient (Wildman–Crippen LogP) is 3.91. The quantitative estimate of drug-likeness (QED) is 0.880. The molecule has 0 bridgehead atoms. The van der Waals surface area contributed by atoms with Gasteiger partial charge in [-0.05, 0) is 62.1 Å². The van der Waals surface area contributed by atoms with Crippen molar-refractivity contribution < 1.29 is 5.11 Å². The summed E-state index contributed by atoms with van der Waals surface area (Å²) in [7, 11) is 0. The van der Waals surface area contributed by atoms with E-state index in [0.29, 0.717) is 6.04 Å². The zero-order valence-corrected chi connectivity index (χ0v) is 13.3. The fourth-order valence-corrected chi connectivity index (χ4v) is 3.96. The average molecular weight is 287 g/mol. The molecule has 0 amide bonds. The summed E-state index contributed by atoms with van der Waals surface area (Å²) in [4.78, 5) is 0. The zero-order valence-electron chi connectivity index (χ0n) is 13.3. The van der Waals surface area contributed by atoms with Gasteiger partial charge in [0.25, 0.3) is 0 Å². The van der Waals surface area contributed by atoms with Crippen molar-refractivity contribution >= 4 is 0 Å². The van der Waals surface area contributed by atoms with Crippen LogP contribution < -0.4 is 5.32 Å². The van der Waals surface area contributed by atoms with E-state index in [4.69, 9.17) is 0 Å². The highest BCUT2D eigenvalue weighted by molar-refractivity contribution is 5.35. The van der Waals surface area contributed by atoms with Crippen LogP contribution >= 0.6 is 0 Å². The van der Waals surface area contributed by atoms with Crippen LogP contribution in [-0.2, 0) is 12.8 Å². The number of aliphatic hydroxyl groups excluding tert-OH is 1. The van der Waals surface area contributed by atoms with Gasteiger partial charge >= 0.3 is 0 Å². The first-order valence-corrected chi connectivity index (χ1v) is 8.80. The van der Waals surface area contributed by atoms with E-state index in [1.165, 1.54) is 68.9 Å². The summed E-state index contributed by atoms with van der Waals surface area (Å²) < 4.78 is 0. The maximum atomic E-state index is 10.7. The Balaban J connectivity index is 1.64. The molecule has 2 N–H and O–H groups in total. The van der Waals surface area contributed by atoms with Crippen LogP contribution in [0.15, 0.2) is 18.2 Å². The van der Waals surface area contributed by atoms with E-state index in [0.717, 1.165) is 5.56 Å². The van der Waals surface area contributed by atoms with Gasteiger partial charge in [-0.15, -0.1) is 0 Å². The van der Waals surface area contributed by atoms with Crippen molar-refractivity contribution in [2.75, 3.05) is 0 Å². The van der Waals surface area contributed by atoms with Crippen LogP contribution in [0.5, 0.6) is 0 Å². The molecular formula is C19H29NO. The molecule has 3 rings (SSSR count). The Labute approximate surface area is 129 Å². The molecule has 0 aliphatic heterocycles. The molecule has 2 unspecified atom stereocenters. The monoisotopic (exact) mass is 287 g/mol. The Kier molecular flexibility index (Phi) is 4.97. The lowest BCUT2D eigenvalue weighted by molar-refractivity contribution is 0.125. The number of hydrogen-bond acceptors (Lipinski definition) is 2. The summed E-state index contributed by atoms with van der Waals surface area (Å²) in [5.74, 6) is 0. The fourth-order valence-electron chi connectivity index (χ4n) is 3.96. The van der Waals surface area contributed by atoms with Crippen LogP contribution in [0.25, 0.3) is 0 Å². The Bertz CT molecular complexity index is 465. The lowest BCUT2D eigenvalue weighted by Crippen LogP contribution is -2.41. The number of hydrogen-bond donors (Lipinski definition) is 2. The minimum Gasteiger partial charge on any atom is -0.387 e. The second-order valence-corrected chi connectivity index (χ2v) is 6.97. The van der Waals surface area contributed by atoms with Crippen molar-refractivity contribution in [1.29, 1.82) is 0 Å². The second kappa shape index (κ2) is 6.93. The molecule has 0 radical (unpaired) electrons. The first-order valence-electron chi connectivity index (χ1n) is 8.80. The molecule has 0 spiro atoms. The minimum atomic E-state index is -0.390. The van der Waals surface area contributed by atoms with Gasteiger partial charge in [-0.25, -0.2) is 0 Å². The summed E-state index contributed by atoms with van der Waals surface area (Å²) in [5, 5.41) is 14.3. The fraction of sp³-hybridized carbons (Fsp3) is 0.684. The van der Waals surface area contributed by atoms with Crippen molar-refractivity contribution in [2.45, 2.75) is 82.9 Å². The highest BCUT2D eigenvalue weighted by Gasteiger charge is 2.22. The third kappa shape index (κ3) is 3.67. The lowest BCUT2D eigenvalue weighted by Gasteiger charge is -2.29. The zero-order chi connectivity index (χ0) is 14.7. The Morgan fingerprint density at radius 1 is 1.00 bits per heavy atom. The number of aryl methyl sites for hydroxylation is 2. The highest BCUT2D eigenvalue weighted by atomic mass is 16.3. The summed E-state index contributed by atoms with van der Waals surface area (Å²) in [6, 6.07) is 7.35. The van der Waals surface area contributed by atoms with Crippen LogP contribution in [-0.4, -0.2) is 17.2 Å². The maximum Gasteiger partial charge on any atom is 0.0940 e. The molecule has 2 heteroatoms. The molecule has 2 atom stereocenters. The molecule has 0 aromatic heterocycles. The van der Waals surface area contributed by atoms with Crippen LogP contribution in [0.3, 0.4) is 0 Å². The molecule has 1 aromatic carbocycles. The molecule has 1 saturated carbocycles. The maximum absolute atomic E-state index is 10.7. The minimum absolute atomic E-state index is 0.134. The van der Waals surface area contributed by atoms with Gasteiger partial charge in [0.1, 0.15) is 0 Å². The normalized spacial score (nSPS) is 22.6. The van der Waals surface area contributed by atoms with E-state index < -0.39 is 0 Å². The molecule has 0 heterocycles. The first kappa shape index (κ1) is 15.1. The molecule has 2 nitrogen and oxygen atoms in total. The van der Waals surface area contributed by atoms with Crippen molar-refractivity contribution in [1.82, 2.24) is 5.32 Å². The number of aliphatic hydroxyl groups is 1. The van der Waals surface area contributed by atoms with Gasteiger partial charge in [-0.1, -0.05) is 37.5 Å². The average Bonchev–Trinajstić information content (AvgIpc) is 2.54. The number of fused-ring (bicyclic) bond motifs is 1. The lowest BCUT2D eigenvalue weighted by atomic mass is 9.88. The first-order chi connectivity index (χ1) is 10.2. The van der Waals surface area contributed by atoms with Crippen molar-refractivity contribution in [3.8, 4) is 0 Å². The Hall–Kier alpha value is -0.860. The number of benzene rings is 1. The second-order valence-electron chi connectivity index (χ2n) is 6.97. The van der Waals surface area contributed by atoms with Crippen LogP contribution in [0, 0.1) is 0 Å². The molecule has 2 aliphatic rings. The molecule has 1 aromatic rings. The predicted molar refractivity (Wildman–Crippen MR) is 87.5 cm³/mol. The third-order valence-electron chi connectivity index (χ3n) is 5.29.